The van der Waals surface area contributed by atoms with Crippen LogP contribution in [0.4, 0.5) is 11.5 Å². The van der Waals surface area contributed by atoms with E-state index in [0.29, 0.717) is 39.7 Å². The van der Waals surface area contributed by atoms with Crippen LogP contribution in [0.3, 0.4) is 0 Å². The summed E-state index contributed by atoms with van der Waals surface area (Å²) in [6, 6.07) is 14.9. The Morgan fingerprint density at radius 2 is 1.62 bits per heavy atom. The van der Waals surface area contributed by atoms with Crippen LogP contribution >= 0.6 is 0 Å². The number of nitrogens with two attached hydrogens (primary N) is 2. The van der Waals surface area contributed by atoms with Crippen LogP contribution in [0.2, 0.25) is 0 Å². The minimum atomic E-state index is -0.233. The number of benzene rings is 2. The molecule has 0 radical (unpaired) electrons. The molecule has 5 N–H and O–H groups in total. The van der Waals surface area contributed by atoms with Crippen molar-refractivity contribution in [3.8, 4) is 5.69 Å². The fourth-order valence-electron chi connectivity index (χ4n) is 3.97. The average Bonchev–Trinajstić information content (AvgIpc) is 3.03. The minimum absolute atomic E-state index is 0.0315. The molecular weight excluding hydrogens is 400 g/mol. The lowest BCUT2D eigenvalue weighted by Gasteiger charge is -2.14. The minimum Gasteiger partial charge on any atom is -0.399 e. The summed E-state index contributed by atoms with van der Waals surface area (Å²) >= 11 is 0. The number of amides is 1. The van der Waals surface area contributed by atoms with Crippen LogP contribution in [0.1, 0.15) is 50.4 Å². The van der Waals surface area contributed by atoms with E-state index in [1.807, 2.05) is 43.3 Å². The molecule has 0 bridgehead atoms. The fraction of sp³-hybridized carbons (Fsp3) is 0.320. The van der Waals surface area contributed by atoms with E-state index in [1.165, 1.54) is 0 Å². The molecule has 0 saturated carbocycles. The maximum absolute atomic E-state index is 13.3. The summed E-state index contributed by atoms with van der Waals surface area (Å²) in [5, 5.41) is 3.10. The van der Waals surface area contributed by atoms with Gasteiger partial charge in [-0.3, -0.25) is 9.36 Å². The third-order valence-electron chi connectivity index (χ3n) is 5.67. The molecule has 0 fully saturated rings. The number of anilines is 2. The van der Waals surface area contributed by atoms with E-state index in [4.69, 9.17) is 21.4 Å². The van der Waals surface area contributed by atoms with Crippen molar-refractivity contribution < 1.29 is 4.79 Å². The van der Waals surface area contributed by atoms with E-state index in [2.05, 4.69) is 19.2 Å². The number of fused-ring (bicyclic) bond motifs is 2. The van der Waals surface area contributed by atoms with Crippen LogP contribution in [0.15, 0.2) is 48.5 Å². The molecule has 2 heterocycles. The lowest BCUT2D eigenvalue weighted by molar-refractivity contribution is 0.0940. The Hall–Kier alpha value is -3.61. The molecule has 7 nitrogen and oxygen atoms in total. The Morgan fingerprint density at radius 1 is 0.969 bits per heavy atom. The first-order chi connectivity index (χ1) is 15.3. The number of para-hydroxylation sites is 2. The van der Waals surface area contributed by atoms with Crippen molar-refractivity contribution in [2.75, 3.05) is 11.5 Å². The predicted octanol–water partition coefficient (Wildman–Crippen LogP) is 4.68. The molecule has 0 aliphatic carbocycles. The summed E-state index contributed by atoms with van der Waals surface area (Å²) in [5.41, 5.74) is 16.7. The number of carbonyl (C=O) groups excluding carboxylic acids is 1. The number of nitrogens with one attached hydrogen (secondary N) is 1. The van der Waals surface area contributed by atoms with Gasteiger partial charge in [0.25, 0.3) is 5.91 Å². The van der Waals surface area contributed by atoms with Crippen LogP contribution in [-0.2, 0) is 0 Å². The van der Waals surface area contributed by atoms with Gasteiger partial charge < -0.3 is 16.8 Å². The molecule has 0 aliphatic rings. The molecule has 0 spiro atoms. The standard InChI is InChI=1S/C25H30N6O/c1-15(2)7-6-8-16(3)28-25(32)21-22-24(30-20-10-5-4-9-19(20)29-22)31(23(21)27)18-13-11-17(26)12-14-18/h4-5,9-16H,6-8,26-27H2,1-3H3,(H,28,32)/t16-/m0/s1. The number of nitrogens with zero attached hydrogens (tertiary/aromatic N) is 3. The van der Waals surface area contributed by atoms with Gasteiger partial charge in [0, 0.05) is 17.4 Å². The second kappa shape index (κ2) is 8.86. The smallest absolute Gasteiger partial charge is 0.257 e. The van der Waals surface area contributed by atoms with Crippen molar-refractivity contribution in [2.24, 2.45) is 5.92 Å². The van der Waals surface area contributed by atoms with Gasteiger partial charge in [0.1, 0.15) is 16.9 Å². The van der Waals surface area contributed by atoms with Crippen molar-refractivity contribution in [2.45, 2.75) is 46.1 Å². The zero-order valence-corrected chi connectivity index (χ0v) is 18.8. The topological polar surface area (TPSA) is 112 Å². The highest BCUT2D eigenvalue weighted by atomic mass is 16.1. The van der Waals surface area contributed by atoms with Gasteiger partial charge in [0.2, 0.25) is 0 Å². The van der Waals surface area contributed by atoms with Gasteiger partial charge >= 0.3 is 0 Å². The molecule has 4 rings (SSSR count). The molecular formula is C25H30N6O. The number of nitrogen functional groups attached to an aromatic ring is 2. The fourth-order valence-corrected chi connectivity index (χ4v) is 3.97. The van der Waals surface area contributed by atoms with Crippen LogP contribution in [0, 0.1) is 5.92 Å². The van der Waals surface area contributed by atoms with E-state index in [1.54, 1.807) is 16.7 Å². The lowest BCUT2D eigenvalue weighted by atomic mass is 10.0. The average molecular weight is 431 g/mol. The molecule has 0 aliphatic heterocycles. The summed E-state index contributed by atoms with van der Waals surface area (Å²) in [7, 11) is 0. The zero-order chi connectivity index (χ0) is 22.8. The Morgan fingerprint density at radius 3 is 2.28 bits per heavy atom. The highest BCUT2D eigenvalue weighted by Crippen LogP contribution is 2.31. The van der Waals surface area contributed by atoms with E-state index in [-0.39, 0.29) is 11.9 Å². The molecule has 1 atom stereocenters. The number of rotatable bonds is 7. The van der Waals surface area contributed by atoms with Crippen molar-refractivity contribution >= 4 is 39.6 Å². The summed E-state index contributed by atoms with van der Waals surface area (Å²) in [5.74, 6) is 0.727. The Labute approximate surface area is 187 Å². The highest BCUT2D eigenvalue weighted by molar-refractivity contribution is 6.11. The van der Waals surface area contributed by atoms with Gasteiger partial charge in [-0.05, 0) is 55.7 Å². The molecule has 1 amide bonds. The SMILES string of the molecule is CC(C)CCC[C@H](C)NC(=O)c1c(N)n(-c2ccc(N)cc2)c2nc3ccccc3nc12. The van der Waals surface area contributed by atoms with Gasteiger partial charge in [-0.15, -0.1) is 0 Å². The Balaban J connectivity index is 1.79. The molecule has 0 unspecified atom stereocenters. The lowest BCUT2D eigenvalue weighted by Crippen LogP contribution is -2.33. The monoisotopic (exact) mass is 430 g/mol. The van der Waals surface area contributed by atoms with Crippen LogP contribution in [0.25, 0.3) is 27.9 Å². The summed E-state index contributed by atoms with van der Waals surface area (Å²) in [6.07, 6.45) is 3.11. The van der Waals surface area contributed by atoms with E-state index >= 15 is 0 Å². The first kappa shape index (κ1) is 21.6. The Bertz CT molecular complexity index is 1260. The summed E-state index contributed by atoms with van der Waals surface area (Å²) in [6.45, 7) is 6.44. The van der Waals surface area contributed by atoms with Gasteiger partial charge in [-0.1, -0.05) is 38.8 Å². The number of aromatic nitrogens is 3. The molecule has 2 aromatic heterocycles. The first-order valence-corrected chi connectivity index (χ1v) is 11.1. The molecule has 166 valence electrons. The van der Waals surface area contributed by atoms with Gasteiger partial charge in [-0.2, -0.15) is 0 Å². The van der Waals surface area contributed by atoms with Crippen molar-refractivity contribution in [1.29, 1.82) is 0 Å². The maximum Gasteiger partial charge on any atom is 0.257 e. The third kappa shape index (κ3) is 4.23. The third-order valence-corrected chi connectivity index (χ3v) is 5.67. The van der Waals surface area contributed by atoms with Crippen LogP contribution in [0.5, 0.6) is 0 Å². The molecule has 7 heteroatoms. The highest BCUT2D eigenvalue weighted by Gasteiger charge is 2.25. The molecule has 2 aromatic carbocycles. The van der Waals surface area contributed by atoms with Crippen molar-refractivity contribution in [1.82, 2.24) is 19.9 Å². The quantitative estimate of drug-likeness (QED) is 0.369. The van der Waals surface area contributed by atoms with Crippen LogP contribution in [-0.4, -0.2) is 26.5 Å². The normalized spacial score (nSPS) is 12.5. The summed E-state index contributed by atoms with van der Waals surface area (Å²) < 4.78 is 1.77. The Kier molecular flexibility index (Phi) is 5.99. The predicted molar refractivity (Wildman–Crippen MR) is 131 cm³/mol. The molecule has 0 saturated heterocycles. The molecule has 4 aromatic rings. The number of hydrogen-bond acceptors (Lipinski definition) is 5. The molecule has 32 heavy (non-hydrogen) atoms. The van der Waals surface area contributed by atoms with Gasteiger partial charge in [-0.25, -0.2) is 9.97 Å². The number of carbonyl (C=O) groups is 1. The van der Waals surface area contributed by atoms with E-state index in [9.17, 15) is 4.79 Å². The number of hydrogen-bond donors (Lipinski definition) is 3. The van der Waals surface area contributed by atoms with Crippen LogP contribution < -0.4 is 16.8 Å². The maximum atomic E-state index is 13.3. The zero-order valence-electron chi connectivity index (χ0n) is 18.8. The van der Waals surface area contributed by atoms with Crippen molar-refractivity contribution in [3.05, 3.63) is 54.1 Å². The second-order valence-corrected chi connectivity index (χ2v) is 8.77. The van der Waals surface area contributed by atoms with E-state index in [0.717, 1.165) is 30.5 Å². The first-order valence-electron chi connectivity index (χ1n) is 11.1. The van der Waals surface area contributed by atoms with Gasteiger partial charge in [0.05, 0.1) is 11.0 Å². The summed E-state index contributed by atoms with van der Waals surface area (Å²) in [4.78, 5) is 22.9. The van der Waals surface area contributed by atoms with E-state index < -0.39 is 0 Å². The second-order valence-electron chi connectivity index (χ2n) is 8.77. The van der Waals surface area contributed by atoms with Crippen molar-refractivity contribution in [3.63, 3.8) is 0 Å². The largest absolute Gasteiger partial charge is 0.399 e. The van der Waals surface area contributed by atoms with Gasteiger partial charge in [0.15, 0.2) is 5.65 Å².